The van der Waals surface area contributed by atoms with Gasteiger partial charge in [-0.1, -0.05) is 20.8 Å². The predicted octanol–water partition coefficient (Wildman–Crippen LogP) is 2.38. The molecule has 1 aliphatic carbocycles. The van der Waals surface area contributed by atoms with Gasteiger partial charge in [0.15, 0.2) is 9.84 Å². The van der Waals surface area contributed by atoms with Crippen LogP contribution in [0, 0.1) is 11.3 Å². The van der Waals surface area contributed by atoms with Crippen LogP contribution in [-0.4, -0.2) is 45.2 Å². The summed E-state index contributed by atoms with van der Waals surface area (Å²) in [6.07, 6.45) is 4.64. The van der Waals surface area contributed by atoms with Crippen LogP contribution in [0.25, 0.3) is 0 Å². The van der Waals surface area contributed by atoms with Crippen molar-refractivity contribution in [3.63, 3.8) is 0 Å². The first-order valence-electron chi connectivity index (χ1n) is 8.24. The maximum atomic E-state index is 12.9. The SMILES string of the molecule is CNC1CCC(C(C)(C)C)CC1S(=O)(=O)CC1CCCO1. The number of sulfone groups is 1. The molecule has 1 saturated heterocycles. The Kier molecular flexibility index (Phi) is 5.37. The second kappa shape index (κ2) is 6.55. The molecule has 1 saturated carbocycles. The minimum absolute atomic E-state index is 0.0810. The van der Waals surface area contributed by atoms with Crippen molar-refractivity contribution in [2.45, 2.75) is 70.3 Å². The Morgan fingerprint density at radius 2 is 1.90 bits per heavy atom. The summed E-state index contributed by atoms with van der Waals surface area (Å²) < 4.78 is 31.3. The summed E-state index contributed by atoms with van der Waals surface area (Å²) in [5.74, 6) is 0.679. The number of hydrogen-bond acceptors (Lipinski definition) is 4. The number of hydrogen-bond donors (Lipinski definition) is 1. The molecule has 1 N–H and O–H groups in total. The zero-order chi connectivity index (χ0) is 15.7. The van der Waals surface area contributed by atoms with E-state index in [1.165, 1.54) is 0 Å². The lowest BCUT2D eigenvalue weighted by atomic mass is 9.71. The average Bonchev–Trinajstić information content (AvgIpc) is 2.89. The molecule has 0 aromatic carbocycles. The molecule has 5 heteroatoms. The highest BCUT2D eigenvalue weighted by molar-refractivity contribution is 7.92. The normalized spacial score (nSPS) is 35.0. The highest BCUT2D eigenvalue weighted by Gasteiger charge is 2.42. The van der Waals surface area contributed by atoms with Crippen molar-refractivity contribution >= 4 is 9.84 Å². The summed E-state index contributed by atoms with van der Waals surface area (Å²) in [6, 6.07) is 0.0926. The summed E-state index contributed by atoms with van der Waals surface area (Å²) in [4.78, 5) is 0. The largest absolute Gasteiger partial charge is 0.377 e. The smallest absolute Gasteiger partial charge is 0.157 e. The molecule has 4 nitrogen and oxygen atoms in total. The molecule has 1 aliphatic heterocycles. The highest BCUT2D eigenvalue weighted by Crippen LogP contribution is 2.40. The summed E-state index contributed by atoms with van der Waals surface area (Å²) >= 11 is 0. The van der Waals surface area contributed by atoms with E-state index < -0.39 is 9.84 Å². The Balaban J connectivity index is 2.11. The lowest BCUT2D eigenvalue weighted by Gasteiger charge is -2.41. The van der Waals surface area contributed by atoms with Crippen LogP contribution in [0.4, 0.5) is 0 Å². The fraction of sp³-hybridized carbons (Fsp3) is 1.00. The van der Waals surface area contributed by atoms with Gasteiger partial charge in [0.05, 0.1) is 17.1 Å². The minimum atomic E-state index is -3.11. The van der Waals surface area contributed by atoms with E-state index in [9.17, 15) is 8.42 Å². The quantitative estimate of drug-likeness (QED) is 0.865. The zero-order valence-corrected chi connectivity index (χ0v) is 14.7. The number of nitrogens with one attached hydrogen (secondary N) is 1. The van der Waals surface area contributed by atoms with E-state index in [2.05, 4.69) is 26.1 Å². The van der Waals surface area contributed by atoms with Crippen LogP contribution in [0.1, 0.15) is 52.9 Å². The van der Waals surface area contributed by atoms with Crippen molar-refractivity contribution in [3.05, 3.63) is 0 Å². The molecule has 4 atom stereocenters. The second-order valence-electron chi connectivity index (χ2n) is 7.77. The molecule has 0 amide bonds. The van der Waals surface area contributed by atoms with Gasteiger partial charge in [-0.2, -0.15) is 0 Å². The van der Waals surface area contributed by atoms with E-state index >= 15 is 0 Å². The minimum Gasteiger partial charge on any atom is -0.377 e. The van der Waals surface area contributed by atoms with Crippen LogP contribution >= 0.6 is 0 Å². The third-order valence-corrected chi connectivity index (χ3v) is 7.57. The van der Waals surface area contributed by atoms with Crippen LogP contribution in [0.15, 0.2) is 0 Å². The molecule has 4 unspecified atom stereocenters. The van der Waals surface area contributed by atoms with Gasteiger partial charge in [0, 0.05) is 12.6 Å². The lowest BCUT2D eigenvalue weighted by Crippen LogP contribution is -2.50. The number of ether oxygens (including phenoxy) is 1. The third kappa shape index (κ3) is 4.20. The summed E-state index contributed by atoms with van der Waals surface area (Å²) in [6.45, 7) is 7.38. The lowest BCUT2D eigenvalue weighted by molar-refractivity contribution is 0.126. The summed E-state index contributed by atoms with van der Waals surface area (Å²) in [7, 11) is -1.22. The van der Waals surface area contributed by atoms with E-state index in [0.717, 1.165) is 32.1 Å². The molecule has 0 aromatic heterocycles. The van der Waals surface area contributed by atoms with E-state index in [4.69, 9.17) is 4.74 Å². The molecule has 0 aromatic rings. The van der Waals surface area contributed by atoms with Gasteiger partial charge in [-0.25, -0.2) is 8.42 Å². The molecular formula is C16H31NO3S. The van der Waals surface area contributed by atoms with Crippen molar-refractivity contribution in [1.29, 1.82) is 0 Å². The Bertz CT molecular complexity index is 435. The van der Waals surface area contributed by atoms with Crippen LogP contribution < -0.4 is 5.32 Å². The van der Waals surface area contributed by atoms with Crippen LogP contribution in [0.2, 0.25) is 0 Å². The molecule has 0 radical (unpaired) electrons. The highest BCUT2D eigenvalue weighted by atomic mass is 32.2. The molecule has 2 rings (SSSR count). The van der Waals surface area contributed by atoms with Crippen molar-refractivity contribution in [2.24, 2.45) is 11.3 Å². The van der Waals surface area contributed by atoms with Gasteiger partial charge in [-0.3, -0.25) is 0 Å². The molecule has 21 heavy (non-hydrogen) atoms. The van der Waals surface area contributed by atoms with Crippen molar-refractivity contribution < 1.29 is 13.2 Å². The molecule has 2 fully saturated rings. The summed E-state index contributed by atoms with van der Waals surface area (Å²) in [5.41, 5.74) is 0.177. The van der Waals surface area contributed by atoms with E-state index in [-0.39, 0.29) is 28.6 Å². The second-order valence-corrected chi connectivity index (χ2v) is 10.0. The van der Waals surface area contributed by atoms with Gasteiger partial charge in [0.25, 0.3) is 0 Å². The van der Waals surface area contributed by atoms with Crippen LogP contribution in [0.3, 0.4) is 0 Å². The first-order chi connectivity index (χ1) is 9.74. The fourth-order valence-corrected chi connectivity index (χ4v) is 6.13. The van der Waals surface area contributed by atoms with Gasteiger partial charge < -0.3 is 10.1 Å². The topological polar surface area (TPSA) is 55.4 Å². The van der Waals surface area contributed by atoms with Crippen LogP contribution in [-0.2, 0) is 14.6 Å². The van der Waals surface area contributed by atoms with Gasteiger partial charge in [0.1, 0.15) is 0 Å². The molecule has 124 valence electrons. The van der Waals surface area contributed by atoms with Crippen molar-refractivity contribution in [2.75, 3.05) is 19.4 Å². The molecule has 1 heterocycles. The number of rotatable bonds is 4. The fourth-order valence-electron chi connectivity index (χ4n) is 3.80. The molecule has 0 spiro atoms. The molecular weight excluding hydrogens is 286 g/mol. The Morgan fingerprint density at radius 1 is 1.19 bits per heavy atom. The van der Waals surface area contributed by atoms with Gasteiger partial charge in [-0.15, -0.1) is 0 Å². The average molecular weight is 317 g/mol. The summed E-state index contributed by atoms with van der Waals surface area (Å²) in [5, 5.41) is 2.98. The maximum absolute atomic E-state index is 12.9. The van der Waals surface area contributed by atoms with Gasteiger partial charge in [-0.05, 0) is 50.5 Å². The van der Waals surface area contributed by atoms with E-state index in [0.29, 0.717) is 12.5 Å². The first-order valence-corrected chi connectivity index (χ1v) is 9.96. The van der Waals surface area contributed by atoms with E-state index in [1.807, 2.05) is 7.05 Å². The monoisotopic (exact) mass is 317 g/mol. The third-order valence-electron chi connectivity index (χ3n) is 5.29. The maximum Gasteiger partial charge on any atom is 0.157 e. The van der Waals surface area contributed by atoms with Gasteiger partial charge >= 0.3 is 0 Å². The standard InChI is InChI=1S/C16H31NO3S/c1-16(2,3)12-7-8-14(17-4)15(10-12)21(18,19)11-13-6-5-9-20-13/h12-15,17H,5-11H2,1-4H3. The molecule has 2 aliphatic rings. The Hall–Kier alpha value is -0.130. The Morgan fingerprint density at radius 3 is 2.43 bits per heavy atom. The van der Waals surface area contributed by atoms with E-state index in [1.54, 1.807) is 0 Å². The Labute approximate surface area is 129 Å². The van der Waals surface area contributed by atoms with Gasteiger partial charge in [0.2, 0.25) is 0 Å². The van der Waals surface area contributed by atoms with Crippen molar-refractivity contribution in [1.82, 2.24) is 5.32 Å². The zero-order valence-electron chi connectivity index (χ0n) is 13.9. The van der Waals surface area contributed by atoms with Crippen molar-refractivity contribution in [3.8, 4) is 0 Å². The van der Waals surface area contributed by atoms with Crippen LogP contribution in [0.5, 0.6) is 0 Å². The first kappa shape index (κ1) is 17.2. The predicted molar refractivity (Wildman–Crippen MR) is 86.2 cm³/mol. The molecule has 0 bridgehead atoms.